The van der Waals surface area contributed by atoms with E-state index in [0.717, 1.165) is 24.8 Å². The number of hydrogen-bond acceptors (Lipinski definition) is 3. The summed E-state index contributed by atoms with van der Waals surface area (Å²) in [4.78, 5) is 28.5. The predicted octanol–water partition coefficient (Wildman–Crippen LogP) is 4.90. The van der Waals surface area contributed by atoms with Gasteiger partial charge in [0.25, 0.3) is 5.56 Å². The third-order valence-electron chi connectivity index (χ3n) is 6.54. The fraction of sp³-hybridized carbons (Fsp3) is 0.154. The predicted molar refractivity (Wildman–Crippen MR) is 122 cm³/mol. The van der Waals surface area contributed by atoms with E-state index < -0.39 is 11.2 Å². The van der Waals surface area contributed by atoms with Crippen molar-refractivity contribution >= 4 is 21.5 Å². The van der Waals surface area contributed by atoms with E-state index in [2.05, 4.69) is 58.5 Å². The molecule has 152 valence electrons. The zero-order valence-corrected chi connectivity index (χ0v) is 16.8. The van der Waals surface area contributed by atoms with Crippen molar-refractivity contribution in [2.24, 2.45) is 0 Å². The van der Waals surface area contributed by atoms with Crippen LogP contribution in [0.15, 0.2) is 81.1 Å². The van der Waals surface area contributed by atoms with Gasteiger partial charge in [-0.15, -0.1) is 0 Å². The lowest BCUT2D eigenvalue weighted by Crippen LogP contribution is -2.23. The highest BCUT2D eigenvalue weighted by molar-refractivity contribution is 6.08. The van der Waals surface area contributed by atoms with Gasteiger partial charge in [0.05, 0.1) is 11.8 Å². The first kappa shape index (κ1) is 18.0. The summed E-state index contributed by atoms with van der Waals surface area (Å²) in [7, 11) is 0. The average molecular weight is 408 g/mol. The highest BCUT2D eigenvalue weighted by Gasteiger charge is 2.26. The Morgan fingerprint density at radius 3 is 2.68 bits per heavy atom. The van der Waals surface area contributed by atoms with Crippen LogP contribution in [0.25, 0.3) is 32.9 Å². The van der Waals surface area contributed by atoms with E-state index in [1.54, 1.807) is 6.26 Å². The Hall–Kier alpha value is -3.86. The molecular formula is C26H20N2O3. The van der Waals surface area contributed by atoms with Gasteiger partial charge in [0.15, 0.2) is 0 Å². The van der Waals surface area contributed by atoms with Crippen molar-refractivity contribution in [3.63, 3.8) is 0 Å². The molecule has 5 aromatic rings. The van der Waals surface area contributed by atoms with Gasteiger partial charge < -0.3 is 9.40 Å². The highest BCUT2D eigenvalue weighted by atomic mass is 16.3. The van der Waals surface area contributed by atoms with Crippen LogP contribution >= 0.6 is 0 Å². The molecule has 0 amide bonds. The lowest BCUT2D eigenvalue weighted by molar-refractivity contribution is 0.554. The first-order valence-electron chi connectivity index (χ1n) is 10.5. The molecule has 2 aromatic heterocycles. The van der Waals surface area contributed by atoms with Crippen LogP contribution in [0.1, 0.15) is 29.0 Å². The summed E-state index contributed by atoms with van der Waals surface area (Å²) in [6.07, 6.45) is 5.90. The molecule has 6 rings (SSSR count). The van der Waals surface area contributed by atoms with Crippen LogP contribution in [0.4, 0.5) is 0 Å². The Labute approximate surface area is 177 Å². The van der Waals surface area contributed by atoms with Crippen molar-refractivity contribution < 1.29 is 4.42 Å². The molecule has 0 saturated carbocycles. The van der Waals surface area contributed by atoms with E-state index in [-0.39, 0.29) is 5.92 Å². The molecule has 0 aliphatic heterocycles. The van der Waals surface area contributed by atoms with Gasteiger partial charge in [-0.05, 0) is 63.9 Å². The van der Waals surface area contributed by atoms with Crippen LogP contribution in [-0.4, -0.2) is 9.97 Å². The van der Waals surface area contributed by atoms with E-state index in [1.165, 1.54) is 38.9 Å². The summed E-state index contributed by atoms with van der Waals surface area (Å²) in [6, 6.07) is 19.4. The van der Waals surface area contributed by atoms with E-state index in [1.807, 2.05) is 6.07 Å². The maximum atomic E-state index is 12.3. The molecule has 0 radical (unpaired) electrons. The van der Waals surface area contributed by atoms with Crippen molar-refractivity contribution in [1.82, 2.24) is 9.97 Å². The van der Waals surface area contributed by atoms with E-state index in [4.69, 9.17) is 4.42 Å². The Balaban J connectivity index is 1.42. The van der Waals surface area contributed by atoms with Gasteiger partial charge in [0, 0.05) is 11.8 Å². The standard InChI is InChI=1S/C26H20N2O3/c29-25-23(14-27-26(30)28-25)24-20(11-12-31-24)17-6-8-19-16(13-17)7-10-21-18-4-2-1-3-15(18)5-9-22(19)21/h1-5,7,9-12,14,17H,6,8,13H2,(H2,27,28,29,30). The van der Waals surface area contributed by atoms with E-state index in [9.17, 15) is 9.59 Å². The van der Waals surface area contributed by atoms with E-state index >= 15 is 0 Å². The van der Waals surface area contributed by atoms with Crippen molar-refractivity contribution in [2.45, 2.75) is 25.2 Å². The number of nitrogens with one attached hydrogen (secondary N) is 2. The summed E-state index contributed by atoms with van der Waals surface area (Å²) in [5.74, 6) is 0.795. The minimum absolute atomic E-state index is 0.255. The van der Waals surface area contributed by atoms with Gasteiger partial charge in [-0.3, -0.25) is 9.78 Å². The monoisotopic (exact) mass is 408 g/mol. The number of furan rings is 1. The third-order valence-corrected chi connectivity index (χ3v) is 6.54. The van der Waals surface area contributed by atoms with Crippen LogP contribution in [0, 0.1) is 0 Å². The third kappa shape index (κ3) is 2.85. The van der Waals surface area contributed by atoms with Crippen molar-refractivity contribution in [3.05, 3.63) is 105 Å². The van der Waals surface area contributed by atoms with Crippen molar-refractivity contribution in [2.75, 3.05) is 0 Å². The number of rotatable bonds is 2. The second-order valence-electron chi connectivity index (χ2n) is 8.22. The molecule has 0 saturated heterocycles. The number of aromatic nitrogens is 2. The first-order chi connectivity index (χ1) is 15.2. The Morgan fingerprint density at radius 1 is 0.903 bits per heavy atom. The molecular weight excluding hydrogens is 388 g/mol. The minimum atomic E-state index is -0.521. The second kappa shape index (κ2) is 6.84. The molecule has 1 aliphatic rings. The summed E-state index contributed by atoms with van der Waals surface area (Å²) in [6.45, 7) is 0. The van der Waals surface area contributed by atoms with Crippen LogP contribution < -0.4 is 11.2 Å². The molecule has 1 aliphatic carbocycles. The normalized spacial score (nSPS) is 15.9. The maximum absolute atomic E-state index is 12.3. The van der Waals surface area contributed by atoms with E-state index in [0.29, 0.717) is 11.3 Å². The van der Waals surface area contributed by atoms with Crippen molar-refractivity contribution in [1.29, 1.82) is 0 Å². The zero-order chi connectivity index (χ0) is 20.9. The quantitative estimate of drug-likeness (QED) is 0.408. The molecule has 0 bridgehead atoms. The molecule has 2 N–H and O–H groups in total. The number of H-pyrrole nitrogens is 2. The maximum Gasteiger partial charge on any atom is 0.325 e. The van der Waals surface area contributed by atoms with Gasteiger partial charge in [-0.1, -0.05) is 48.5 Å². The van der Waals surface area contributed by atoms with Crippen LogP contribution in [0.2, 0.25) is 0 Å². The lowest BCUT2D eigenvalue weighted by Gasteiger charge is -2.26. The van der Waals surface area contributed by atoms with Crippen LogP contribution in [0.3, 0.4) is 0 Å². The molecule has 1 unspecified atom stereocenters. The van der Waals surface area contributed by atoms with Gasteiger partial charge in [0.1, 0.15) is 5.76 Å². The Bertz CT molecular complexity index is 1570. The summed E-state index contributed by atoms with van der Waals surface area (Å²) >= 11 is 0. The highest BCUT2D eigenvalue weighted by Crippen LogP contribution is 2.40. The first-order valence-corrected chi connectivity index (χ1v) is 10.5. The summed E-state index contributed by atoms with van der Waals surface area (Å²) in [5, 5.41) is 5.19. The molecule has 5 nitrogen and oxygen atoms in total. The van der Waals surface area contributed by atoms with Gasteiger partial charge in [-0.2, -0.15) is 0 Å². The van der Waals surface area contributed by atoms with Crippen LogP contribution in [-0.2, 0) is 12.8 Å². The van der Waals surface area contributed by atoms with Crippen molar-refractivity contribution in [3.8, 4) is 11.3 Å². The molecule has 0 spiro atoms. The summed E-state index contributed by atoms with van der Waals surface area (Å²) in [5.41, 5.74) is 3.19. The number of benzene rings is 3. The molecule has 2 heterocycles. The number of fused-ring (bicyclic) bond motifs is 5. The number of aryl methyl sites for hydroxylation is 1. The Kier molecular flexibility index (Phi) is 3.96. The molecule has 1 atom stereocenters. The molecule has 5 heteroatoms. The molecule has 3 aromatic carbocycles. The fourth-order valence-corrected chi connectivity index (χ4v) is 5.07. The average Bonchev–Trinajstić information content (AvgIpc) is 3.28. The molecule has 31 heavy (non-hydrogen) atoms. The smallest absolute Gasteiger partial charge is 0.325 e. The number of hydrogen-bond donors (Lipinski definition) is 2. The molecule has 0 fully saturated rings. The van der Waals surface area contributed by atoms with Gasteiger partial charge >= 0.3 is 5.69 Å². The number of aromatic amines is 2. The minimum Gasteiger partial charge on any atom is -0.464 e. The second-order valence-corrected chi connectivity index (χ2v) is 8.22. The largest absolute Gasteiger partial charge is 0.464 e. The SMILES string of the molecule is O=c1[nH]cc(-c2occc2C2CCc3c(ccc4c3ccc3ccccc34)C2)c(=O)[nH]1. The lowest BCUT2D eigenvalue weighted by atomic mass is 9.78. The topological polar surface area (TPSA) is 78.9 Å². The zero-order valence-electron chi connectivity index (χ0n) is 16.8. The van der Waals surface area contributed by atoms with Gasteiger partial charge in [0.2, 0.25) is 0 Å². The van der Waals surface area contributed by atoms with Gasteiger partial charge in [-0.25, -0.2) is 4.79 Å². The summed E-state index contributed by atoms with van der Waals surface area (Å²) < 4.78 is 5.69. The fourth-order valence-electron chi connectivity index (χ4n) is 5.07. The van der Waals surface area contributed by atoms with Crippen LogP contribution in [0.5, 0.6) is 0 Å². The Morgan fingerprint density at radius 2 is 1.77 bits per heavy atom.